The lowest BCUT2D eigenvalue weighted by molar-refractivity contribution is -0.121. The van der Waals surface area contributed by atoms with E-state index in [1.807, 2.05) is 30.3 Å². The fourth-order valence-electron chi connectivity index (χ4n) is 4.10. The molecular formula is C26H21N3O5. The van der Waals surface area contributed by atoms with Gasteiger partial charge in [-0.2, -0.15) is 0 Å². The number of hydrogen-bond acceptors (Lipinski definition) is 5. The van der Waals surface area contributed by atoms with Gasteiger partial charge in [-0.3, -0.25) is 24.1 Å². The number of amides is 4. The monoisotopic (exact) mass is 455 g/mol. The van der Waals surface area contributed by atoms with Crippen LogP contribution in [0.1, 0.15) is 32.7 Å². The highest BCUT2D eigenvalue weighted by molar-refractivity contribution is 6.21. The number of rotatable bonds is 6. The molecule has 5 rings (SSSR count). The molecule has 1 N–H and O–H groups in total. The third kappa shape index (κ3) is 4.01. The molecule has 2 heterocycles. The van der Waals surface area contributed by atoms with Crippen LogP contribution in [-0.4, -0.2) is 41.7 Å². The van der Waals surface area contributed by atoms with Gasteiger partial charge in [-0.05, 0) is 35.9 Å². The van der Waals surface area contributed by atoms with Crippen molar-refractivity contribution in [3.8, 4) is 5.75 Å². The van der Waals surface area contributed by atoms with E-state index in [4.69, 9.17) is 4.74 Å². The molecule has 8 nitrogen and oxygen atoms in total. The van der Waals surface area contributed by atoms with Crippen LogP contribution in [0.3, 0.4) is 0 Å². The molecule has 0 saturated carbocycles. The molecule has 3 aromatic carbocycles. The standard InChI is InChI=1S/C26H21N3O5/c30-23(12-13-28-25(32)19-8-4-5-9-20(19)26(28)33)27-18-10-11-22-21(14-18)29(24(31)16-34-22)15-17-6-2-1-3-7-17/h1-11,14H,12-13,15-16H2,(H,27,30). The maximum Gasteiger partial charge on any atom is 0.265 e. The van der Waals surface area contributed by atoms with Crippen LogP contribution in [0.25, 0.3) is 0 Å². The van der Waals surface area contributed by atoms with Crippen LogP contribution >= 0.6 is 0 Å². The van der Waals surface area contributed by atoms with Crippen LogP contribution in [0, 0.1) is 0 Å². The number of hydrogen-bond donors (Lipinski definition) is 1. The Morgan fingerprint density at radius 3 is 2.24 bits per heavy atom. The van der Waals surface area contributed by atoms with E-state index in [2.05, 4.69) is 5.32 Å². The van der Waals surface area contributed by atoms with Crippen molar-refractivity contribution in [3.63, 3.8) is 0 Å². The Labute approximate surface area is 195 Å². The van der Waals surface area contributed by atoms with Crippen molar-refractivity contribution < 1.29 is 23.9 Å². The third-order valence-electron chi connectivity index (χ3n) is 5.81. The molecule has 34 heavy (non-hydrogen) atoms. The van der Waals surface area contributed by atoms with Gasteiger partial charge in [0.15, 0.2) is 6.61 Å². The second kappa shape index (κ2) is 8.82. The van der Waals surface area contributed by atoms with Crippen LogP contribution in [0.5, 0.6) is 5.75 Å². The molecule has 0 spiro atoms. The second-order valence-electron chi connectivity index (χ2n) is 8.04. The Morgan fingerprint density at radius 1 is 0.853 bits per heavy atom. The highest BCUT2D eigenvalue weighted by Gasteiger charge is 2.35. The number of fused-ring (bicyclic) bond motifs is 2. The normalized spacial score (nSPS) is 14.5. The Kier molecular flexibility index (Phi) is 5.55. The van der Waals surface area contributed by atoms with E-state index in [1.54, 1.807) is 47.4 Å². The molecule has 0 atom stereocenters. The van der Waals surface area contributed by atoms with Gasteiger partial charge in [-0.1, -0.05) is 42.5 Å². The topological polar surface area (TPSA) is 96.0 Å². The lowest BCUT2D eigenvalue weighted by Gasteiger charge is -2.30. The van der Waals surface area contributed by atoms with E-state index in [1.165, 1.54) is 0 Å². The van der Waals surface area contributed by atoms with Crippen molar-refractivity contribution in [3.05, 3.63) is 89.5 Å². The van der Waals surface area contributed by atoms with Gasteiger partial charge in [0.05, 0.1) is 23.4 Å². The second-order valence-corrected chi connectivity index (χ2v) is 8.04. The van der Waals surface area contributed by atoms with E-state index >= 15 is 0 Å². The van der Waals surface area contributed by atoms with Gasteiger partial charge < -0.3 is 15.0 Å². The van der Waals surface area contributed by atoms with E-state index in [0.29, 0.717) is 34.8 Å². The molecule has 8 heteroatoms. The van der Waals surface area contributed by atoms with Gasteiger partial charge in [0.25, 0.3) is 17.7 Å². The molecule has 3 aromatic rings. The number of nitrogens with zero attached hydrogens (tertiary/aromatic N) is 2. The molecule has 170 valence electrons. The predicted octanol–water partition coefficient (Wildman–Crippen LogP) is 3.24. The van der Waals surface area contributed by atoms with E-state index in [0.717, 1.165) is 10.5 Å². The largest absolute Gasteiger partial charge is 0.482 e. The van der Waals surface area contributed by atoms with E-state index < -0.39 is 11.8 Å². The predicted molar refractivity (Wildman–Crippen MR) is 125 cm³/mol. The molecule has 4 amide bonds. The number of ether oxygens (including phenoxy) is 1. The maximum atomic E-state index is 12.6. The average Bonchev–Trinajstić information content (AvgIpc) is 3.10. The highest BCUT2D eigenvalue weighted by atomic mass is 16.5. The Balaban J connectivity index is 1.27. The van der Waals surface area contributed by atoms with Crippen molar-refractivity contribution in [1.82, 2.24) is 4.90 Å². The molecule has 0 aliphatic carbocycles. The van der Waals surface area contributed by atoms with Crippen molar-refractivity contribution in [2.45, 2.75) is 13.0 Å². The van der Waals surface area contributed by atoms with Crippen LogP contribution in [-0.2, 0) is 16.1 Å². The smallest absolute Gasteiger partial charge is 0.265 e. The summed E-state index contributed by atoms with van der Waals surface area (Å²) < 4.78 is 5.55. The van der Waals surface area contributed by atoms with Gasteiger partial charge in [-0.15, -0.1) is 0 Å². The summed E-state index contributed by atoms with van der Waals surface area (Å²) in [6.45, 7) is 0.309. The lowest BCUT2D eigenvalue weighted by atomic mass is 10.1. The first kappa shape index (κ1) is 21.4. The summed E-state index contributed by atoms with van der Waals surface area (Å²) in [5.41, 5.74) is 2.73. The summed E-state index contributed by atoms with van der Waals surface area (Å²) in [5, 5.41) is 2.78. The Morgan fingerprint density at radius 2 is 1.53 bits per heavy atom. The van der Waals surface area contributed by atoms with E-state index in [-0.39, 0.29) is 31.4 Å². The molecule has 0 saturated heterocycles. The number of nitrogens with one attached hydrogen (secondary N) is 1. The fourth-order valence-corrected chi connectivity index (χ4v) is 4.10. The number of benzene rings is 3. The number of carbonyl (C=O) groups is 4. The zero-order valence-electron chi connectivity index (χ0n) is 18.2. The molecule has 0 aromatic heterocycles. The van der Waals surface area contributed by atoms with Crippen molar-refractivity contribution in [1.29, 1.82) is 0 Å². The average molecular weight is 455 g/mol. The molecule has 0 unspecified atom stereocenters. The van der Waals surface area contributed by atoms with Crippen molar-refractivity contribution in [2.24, 2.45) is 0 Å². The Bertz CT molecular complexity index is 1270. The van der Waals surface area contributed by atoms with Gasteiger partial charge in [0, 0.05) is 18.7 Å². The zero-order chi connectivity index (χ0) is 23.7. The molecular weight excluding hydrogens is 434 g/mol. The lowest BCUT2D eigenvalue weighted by Crippen LogP contribution is -2.38. The molecule has 0 radical (unpaired) electrons. The Hall–Kier alpha value is -4.46. The minimum Gasteiger partial charge on any atom is -0.482 e. The summed E-state index contributed by atoms with van der Waals surface area (Å²) >= 11 is 0. The van der Waals surface area contributed by atoms with Gasteiger partial charge in [0.1, 0.15) is 5.75 Å². The summed E-state index contributed by atoms with van der Waals surface area (Å²) in [4.78, 5) is 52.8. The first-order chi connectivity index (χ1) is 16.5. The number of anilines is 2. The summed E-state index contributed by atoms with van der Waals surface area (Å²) in [6, 6.07) is 21.3. The zero-order valence-corrected chi connectivity index (χ0v) is 18.2. The first-order valence-corrected chi connectivity index (χ1v) is 10.9. The van der Waals surface area contributed by atoms with Crippen LogP contribution in [0.15, 0.2) is 72.8 Å². The van der Waals surface area contributed by atoms with Crippen molar-refractivity contribution >= 4 is 35.0 Å². The van der Waals surface area contributed by atoms with Crippen LogP contribution in [0.2, 0.25) is 0 Å². The SMILES string of the molecule is O=C(CCN1C(=O)c2ccccc2C1=O)Nc1ccc2c(c1)N(Cc1ccccc1)C(=O)CO2. The minimum absolute atomic E-state index is 0.0230. The quantitative estimate of drug-likeness (QED) is 0.576. The van der Waals surface area contributed by atoms with Gasteiger partial charge in [0.2, 0.25) is 5.91 Å². The van der Waals surface area contributed by atoms with Gasteiger partial charge >= 0.3 is 0 Å². The molecule has 2 aliphatic rings. The summed E-state index contributed by atoms with van der Waals surface area (Å²) in [6.07, 6.45) is -0.0499. The highest BCUT2D eigenvalue weighted by Crippen LogP contribution is 2.35. The first-order valence-electron chi connectivity index (χ1n) is 10.9. The maximum absolute atomic E-state index is 12.6. The molecule has 2 aliphatic heterocycles. The number of carbonyl (C=O) groups excluding carboxylic acids is 4. The van der Waals surface area contributed by atoms with E-state index in [9.17, 15) is 19.2 Å². The molecule has 0 bridgehead atoms. The van der Waals surface area contributed by atoms with Crippen LogP contribution in [0.4, 0.5) is 11.4 Å². The fraction of sp³-hybridized carbons (Fsp3) is 0.154. The number of imide groups is 1. The van der Waals surface area contributed by atoms with Gasteiger partial charge in [-0.25, -0.2) is 0 Å². The van der Waals surface area contributed by atoms with Crippen LogP contribution < -0.4 is 15.0 Å². The third-order valence-corrected chi connectivity index (χ3v) is 5.81. The molecule has 0 fully saturated rings. The summed E-state index contributed by atoms with van der Waals surface area (Å²) in [7, 11) is 0. The van der Waals surface area contributed by atoms with Crippen molar-refractivity contribution in [2.75, 3.05) is 23.4 Å². The summed E-state index contributed by atoms with van der Waals surface area (Å²) in [5.74, 6) is -0.761. The minimum atomic E-state index is -0.394.